The van der Waals surface area contributed by atoms with Crippen molar-refractivity contribution in [3.63, 3.8) is 0 Å². The van der Waals surface area contributed by atoms with Gasteiger partial charge in [0.25, 0.3) is 0 Å². The fourth-order valence-corrected chi connectivity index (χ4v) is 3.90. The molecule has 3 aromatic rings. The summed E-state index contributed by atoms with van der Waals surface area (Å²) in [4.78, 5) is 17.1. The Morgan fingerprint density at radius 2 is 2.07 bits per heavy atom. The van der Waals surface area contributed by atoms with Crippen molar-refractivity contribution >= 4 is 17.3 Å². The van der Waals surface area contributed by atoms with E-state index in [0.29, 0.717) is 27.4 Å². The molecular weight excluding hydrogens is 381 g/mol. The Morgan fingerprint density at radius 1 is 1.29 bits per heavy atom. The summed E-state index contributed by atoms with van der Waals surface area (Å²) in [6, 6.07) is 12.2. The van der Waals surface area contributed by atoms with Gasteiger partial charge >= 0.3 is 5.97 Å². The lowest BCUT2D eigenvalue weighted by Crippen LogP contribution is -2.20. The van der Waals surface area contributed by atoms with Crippen LogP contribution in [-0.4, -0.2) is 11.0 Å². The fraction of sp³-hybridized carbons (Fsp3) is 0.238. The second-order valence-electron chi connectivity index (χ2n) is 6.45. The molecule has 1 atom stereocenters. The van der Waals surface area contributed by atoms with E-state index in [9.17, 15) is 9.18 Å². The first-order valence-corrected chi connectivity index (χ1v) is 9.58. The molecule has 0 radical (unpaired) electrons. The summed E-state index contributed by atoms with van der Waals surface area (Å²) in [7, 11) is 0. The quantitative estimate of drug-likeness (QED) is 0.586. The number of nitrogens with zero attached hydrogens (tertiary/aromatic N) is 1. The number of hydrogen-bond donors (Lipinski definition) is 0. The number of benzene rings is 2. The van der Waals surface area contributed by atoms with Gasteiger partial charge in [0.15, 0.2) is 0 Å². The van der Waals surface area contributed by atoms with Gasteiger partial charge < -0.3 is 14.2 Å². The molecule has 0 fully saturated rings. The summed E-state index contributed by atoms with van der Waals surface area (Å²) >= 11 is 1.28. The summed E-state index contributed by atoms with van der Waals surface area (Å²) in [5, 5.41) is 0.791. The third kappa shape index (κ3) is 3.76. The van der Waals surface area contributed by atoms with Gasteiger partial charge in [0.1, 0.15) is 23.1 Å². The Morgan fingerprint density at radius 3 is 2.79 bits per heavy atom. The molecule has 4 rings (SSSR count). The first-order chi connectivity index (χ1) is 13.5. The molecule has 0 unspecified atom stereocenters. The molecule has 0 aliphatic carbocycles. The number of halogens is 1. The molecular formula is C21H18FNO4S. The summed E-state index contributed by atoms with van der Waals surface area (Å²) in [5.74, 6) is -0.417. The van der Waals surface area contributed by atoms with Crippen LogP contribution >= 0.6 is 11.3 Å². The molecule has 1 aromatic heterocycles. The van der Waals surface area contributed by atoms with E-state index in [-0.39, 0.29) is 13.2 Å². The van der Waals surface area contributed by atoms with E-state index >= 15 is 0 Å². The molecule has 1 aliphatic heterocycles. The van der Waals surface area contributed by atoms with Gasteiger partial charge in [-0.3, -0.25) is 0 Å². The van der Waals surface area contributed by atoms with Gasteiger partial charge in [0.2, 0.25) is 6.29 Å². The smallest absolute Gasteiger partial charge is 0.350 e. The summed E-state index contributed by atoms with van der Waals surface area (Å²) in [6.07, 6.45) is -0.597. The molecule has 0 N–H and O–H groups in total. The van der Waals surface area contributed by atoms with E-state index < -0.39 is 18.1 Å². The zero-order valence-electron chi connectivity index (χ0n) is 15.4. The van der Waals surface area contributed by atoms with Crippen molar-refractivity contribution in [2.75, 3.05) is 0 Å². The van der Waals surface area contributed by atoms with Crippen LogP contribution in [0.3, 0.4) is 0 Å². The summed E-state index contributed by atoms with van der Waals surface area (Å²) in [6.45, 7) is 3.70. The number of carbonyl (C=O) groups excluding carboxylic acids is 1. The number of thiazole rings is 1. The lowest BCUT2D eigenvalue weighted by atomic mass is 10.1. The Hall–Kier alpha value is -2.77. The third-order valence-corrected chi connectivity index (χ3v) is 5.39. The normalized spacial score (nSPS) is 15.6. The van der Waals surface area contributed by atoms with Crippen molar-refractivity contribution in [2.24, 2.45) is 0 Å². The highest BCUT2D eigenvalue weighted by Crippen LogP contribution is 2.37. The standard InChI is InChI=1S/C21H18FNO4S/c1-12-19(28-13(2)23-12)20(24)25-10-15-8-17(22)9-16-11-26-21(27-18(15)16)14-6-4-3-5-7-14/h3-9,21H,10-11H2,1-2H3/t21-/m0/s1. The number of aromatic nitrogens is 1. The maximum Gasteiger partial charge on any atom is 0.350 e. The number of rotatable bonds is 4. The number of aryl methyl sites for hydroxylation is 2. The minimum absolute atomic E-state index is 0.100. The van der Waals surface area contributed by atoms with Crippen LogP contribution < -0.4 is 4.74 Å². The van der Waals surface area contributed by atoms with Crippen molar-refractivity contribution < 1.29 is 23.4 Å². The third-order valence-electron chi connectivity index (χ3n) is 4.34. The van der Waals surface area contributed by atoms with Crippen LogP contribution in [0, 0.1) is 19.7 Å². The van der Waals surface area contributed by atoms with Crippen molar-refractivity contribution in [3.8, 4) is 5.75 Å². The fourth-order valence-electron chi connectivity index (χ4n) is 3.09. The minimum Gasteiger partial charge on any atom is -0.460 e. The van der Waals surface area contributed by atoms with Gasteiger partial charge in [-0.25, -0.2) is 14.2 Å². The molecule has 0 saturated heterocycles. The van der Waals surface area contributed by atoms with Crippen LogP contribution in [0.15, 0.2) is 42.5 Å². The Kier molecular flexibility index (Phi) is 5.11. The van der Waals surface area contributed by atoms with Crippen molar-refractivity contribution in [2.45, 2.75) is 33.4 Å². The van der Waals surface area contributed by atoms with Crippen LogP contribution in [0.5, 0.6) is 5.75 Å². The number of fused-ring (bicyclic) bond motifs is 1. The zero-order chi connectivity index (χ0) is 19.7. The van der Waals surface area contributed by atoms with Gasteiger partial charge in [-0.05, 0) is 26.0 Å². The Bertz CT molecular complexity index is 1020. The largest absolute Gasteiger partial charge is 0.460 e. The van der Waals surface area contributed by atoms with Crippen molar-refractivity contribution in [1.82, 2.24) is 4.98 Å². The molecule has 0 amide bonds. The van der Waals surface area contributed by atoms with Crippen molar-refractivity contribution in [3.05, 3.63) is 80.6 Å². The van der Waals surface area contributed by atoms with E-state index in [1.165, 1.54) is 23.5 Å². The highest BCUT2D eigenvalue weighted by atomic mass is 32.1. The van der Waals surface area contributed by atoms with E-state index in [4.69, 9.17) is 14.2 Å². The highest BCUT2D eigenvalue weighted by molar-refractivity contribution is 7.13. The van der Waals surface area contributed by atoms with Gasteiger partial charge in [-0.2, -0.15) is 0 Å². The lowest BCUT2D eigenvalue weighted by Gasteiger charge is -2.28. The van der Waals surface area contributed by atoms with Gasteiger partial charge in [0, 0.05) is 16.7 Å². The SMILES string of the molecule is Cc1nc(C)c(C(=O)OCc2cc(F)cc3c2O[C@@H](c2ccccc2)OC3)s1. The molecule has 7 heteroatoms. The molecule has 2 heterocycles. The maximum atomic E-state index is 14.0. The second-order valence-corrected chi connectivity index (χ2v) is 7.65. The van der Waals surface area contributed by atoms with Crippen LogP contribution in [-0.2, 0) is 22.7 Å². The van der Waals surface area contributed by atoms with Gasteiger partial charge in [0.05, 0.1) is 17.3 Å². The van der Waals surface area contributed by atoms with Crippen LogP contribution in [0.25, 0.3) is 0 Å². The van der Waals surface area contributed by atoms with E-state index in [2.05, 4.69) is 4.98 Å². The monoisotopic (exact) mass is 399 g/mol. The average Bonchev–Trinajstić information content (AvgIpc) is 3.04. The number of hydrogen-bond acceptors (Lipinski definition) is 6. The van der Waals surface area contributed by atoms with Crippen molar-refractivity contribution in [1.29, 1.82) is 0 Å². The van der Waals surface area contributed by atoms with Crippen LogP contribution in [0.1, 0.15) is 43.4 Å². The number of ether oxygens (including phenoxy) is 3. The van der Waals surface area contributed by atoms with Crippen LogP contribution in [0.2, 0.25) is 0 Å². The average molecular weight is 399 g/mol. The lowest BCUT2D eigenvalue weighted by molar-refractivity contribution is -0.112. The second kappa shape index (κ2) is 7.69. The molecule has 28 heavy (non-hydrogen) atoms. The Balaban J connectivity index is 1.56. The molecule has 0 saturated carbocycles. The van der Waals surface area contributed by atoms with E-state index in [0.717, 1.165) is 10.6 Å². The molecule has 5 nitrogen and oxygen atoms in total. The van der Waals surface area contributed by atoms with E-state index in [1.807, 2.05) is 37.3 Å². The molecule has 0 bridgehead atoms. The number of carbonyl (C=O) groups is 1. The first-order valence-electron chi connectivity index (χ1n) is 8.77. The Labute approximate surface area is 165 Å². The minimum atomic E-state index is -0.597. The first kappa shape index (κ1) is 18.6. The van der Waals surface area contributed by atoms with Gasteiger partial charge in [-0.1, -0.05) is 30.3 Å². The summed E-state index contributed by atoms with van der Waals surface area (Å²) in [5.41, 5.74) is 2.54. The van der Waals surface area contributed by atoms with Gasteiger partial charge in [-0.15, -0.1) is 11.3 Å². The predicted molar refractivity (Wildman–Crippen MR) is 102 cm³/mol. The summed E-state index contributed by atoms with van der Waals surface area (Å²) < 4.78 is 31.1. The molecule has 0 spiro atoms. The molecule has 2 aromatic carbocycles. The molecule has 1 aliphatic rings. The predicted octanol–water partition coefficient (Wildman–Crippen LogP) is 4.86. The molecule has 144 valence electrons. The maximum absolute atomic E-state index is 14.0. The van der Waals surface area contributed by atoms with E-state index in [1.54, 1.807) is 6.92 Å². The topological polar surface area (TPSA) is 57.7 Å². The highest BCUT2D eigenvalue weighted by Gasteiger charge is 2.26. The number of esters is 1. The van der Waals surface area contributed by atoms with Crippen LogP contribution in [0.4, 0.5) is 4.39 Å². The zero-order valence-corrected chi connectivity index (χ0v) is 16.2.